The van der Waals surface area contributed by atoms with Gasteiger partial charge in [0.1, 0.15) is 5.75 Å². The third-order valence-electron chi connectivity index (χ3n) is 6.03. The Kier molecular flexibility index (Phi) is 5.69. The van der Waals surface area contributed by atoms with Crippen molar-refractivity contribution in [3.05, 3.63) is 30.3 Å². The smallest absolute Gasteiger partial charge is 0.179 e. The molecule has 3 aromatic rings. The van der Waals surface area contributed by atoms with Gasteiger partial charge in [-0.15, -0.1) is 15.3 Å². The van der Waals surface area contributed by atoms with Crippen molar-refractivity contribution in [2.75, 3.05) is 11.9 Å². The lowest BCUT2D eigenvalue weighted by Gasteiger charge is -2.29. The van der Waals surface area contributed by atoms with E-state index in [1.54, 1.807) is 12.1 Å². The van der Waals surface area contributed by atoms with E-state index in [1.807, 2.05) is 18.2 Å². The number of H-pyrrole nitrogens is 1. The number of phenolic OH excluding ortho intramolecular Hbond substituents is 1. The van der Waals surface area contributed by atoms with Crippen molar-refractivity contribution >= 4 is 5.82 Å². The number of aromatic nitrogens is 6. The molecule has 1 aromatic carbocycles. The van der Waals surface area contributed by atoms with Crippen LogP contribution in [0.5, 0.6) is 5.75 Å². The summed E-state index contributed by atoms with van der Waals surface area (Å²) in [6, 6.07) is 9.67. The van der Waals surface area contributed by atoms with Gasteiger partial charge in [0.2, 0.25) is 0 Å². The molecule has 0 amide bonds. The Morgan fingerprint density at radius 3 is 2.66 bits per heavy atom. The van der Waals surface area contributed by atoms with Gasteiger partial charge in [-0.3, -0.25) is 0 Å². The molecule has 0 radical (unpaired) electrons. The molecule has 2 aromatic heterocycles. The van der Waals surface area contributed by atoms with Gasteiger partial charge in [0.15, 0.2) is 11.6 Å². The number of benzene rings is 1. The first kappa shape index (κ1) is 19.3. The number of hydrogen-bond donors (Lipinski definition) is 2. The van der Waals surface area contributed by atoms with Crippen LogP contribution in [-0.4, -0.2) is 49.0 Å². The molecule has 29 heavy (non-hydrogen) atoms. The monoisotopic (exact) mass is 393 g/mol. The van der Waals surface area contributed by atoms with Gasteiger partial charge in [0.25, 0.3) is 0 Å². The molecule has 1 saturated carbocycles. The normalized spacial score (nSPS) is 19.7. The second-order valence-electron chi connectivity index (χ2n) is 7.82. The molecule has 0 unspecified atom stereocenters. The van der Waals surface area contributed by atoms with Crippen LogP contribution in [0.3, 0.4) is 0 Å². The minimum absolute atomic E-state index is 0.115. The second kappa shape index (κ2) is 8.55. The number of nitrogens with one attached hydrogen (secondary N) is 1. The molecule has 1 fully saturated rings. The first-order valence-corrected chi connectivity index (χ1v) is 10.3. The molecule has 4 rings (SSSR count). The average molecular weight is 393 g/mol. The minimum atomic E-state index is 0.115. The minimum Gasteiger partial charge on any atom is -0.507 e. The number of aromatic amines is 1. The summed E-state index contributed by atoms with van der Waals surface area (Å²) in [6.45, 7) is 2.29. The van der Waals surface area contributed by atoms with Gasteiger partial charge in [-0.05, 0) is 53.5 Å². The maximum absolute atomic E-state index is 10.5. The number of phenols is 1. The van der Waals surface area contributed by atoms with E-state index in [9.17, 15) is 5.11 Å². The summed E-state index contributed by atoms with van der Waals surface area (Å²) in [5.74, 6) is 2.29. The highest BCUT2D eigenvalue weighted by atomic mass is 16.3. The van der Waals surface area contributed by atoms with E-state index in [0.29, 0.717) is 28.7 Å². The highest BCUT2D eigenvalue weighted by Gasteiger charge is 2.23. The SMILES string of the molecule is CC[C@@H]1CCCC[C@H](N(C)c2ccc(-c3ccc(-c4nnn[nH]4)cc3O)nn2)C1. The third kappa shape index (κ3) is 4.21. The zero-order valence-electron chi connectivity index (χ0n) is 16.9. The van der Waals surface area contributed by atoms with Crippen LogP contribution in [0.25, 0.3) is 22.6 Å². The fourth-order valence-corrected chi connectivity index (χ4v) is 4.18. The molecule has 152 valence electrons. The molecule has 8 heteroatoms. The van der Waals surface area contributed by atoms with Crippen LogP contribution >= 0.6 is 0 Å². The van der Waals surface area contributed by atoms with E-state index in [4.69, 9.17) is 0 Å². The highest BCUT2D eigenvalue weighted by molar-refractivity contribution is 5.72. The van der Waals surface area contributed by atoms with E-state index in [2.05, 4.69) is 49.7 Å². The number of aromatic hydroxyl groups is 1. The lowest BCUT2D eigenvalue weighted by Crippen LogP contribution is -2.33. The van der Waals surface area contributed by atoms with E-state index in [-0.39, 0.29) is 5.75 Å². The van der Waals surface area contributed by atoms with Crippen LogP contribution in [0.1, 0.15) is 45.4 Å². The summed E-state index contributed by atoms with van der Waals surface area (Å²) in [4.78, 5) is 2.27. The molecule has 1 aliphatic rings. The molecular weight excluding hydrogens is 366 g/mol. The summed E-state index contributed by atoms with van der Waals surface area (Å²) in [5.41, 5.74) is 1.97. The lowest BCUT2D eigenvalue weighted by atomic mass is 9.95. The Morgan fingerprint density at radius 2 is 1.97 bits per heavy atom. The molecule has 1 aliphatic carbocycles. The van der Waals surface area contributed by atoms with Gasteiger partial charge in [0, 0.05) is 24.2 Å². The Labute approximate surface area is 170 Å². The van der Waals surface area contributed by atoms with Crippen molar-refractivity contribution in [3.63, 3.8) is 0 Å². The van der Waals surface area contributed by atoms with E-state index in [0.717, 1.165) is 11.7 Å². The van der Waals surface area contributed by atoms with Gasteiger partial charge in [-0.2, -0.15) is 0 Å². The van der Waals surface area contributed by atoms with Crippen molar-refractivity contribution < 1.29 is 5.11 Å². The highest BCUT2D eigenvalue weighted by Crippen LogP contribution is 2.33. The van der Waals surface area contributed by atoms with E-state index >= 15 is 0 Å². The number of tetrazole rings is 1. The van der Waals surface area contributed by atoms with Gasteiger partial charge in [-0.25, -0.2) is 5.10 Å². The third-order valence-corrected chi connectivity index (χ3v) is 6.03. The number of anilines is 1. The van der Waals surface area contributed by atoms with Crippen LogP contribution in [-0.2, 0) is 0 Å². The van der Waals surface area contributed by atoms with Gasteiger partial charge in [-0.1, -0.05) is 38.7 Å². The molecule has 0 aliphatic heterocycles. The van der Waals surface area contributed by atoms with Crippen LogP contribution in [0.15, 0.2) is 30.3 Å². The van der Waals surface area contributed by atoms with Gasteiger partial charge >= 0.3 is 0 Å². The summed E-state index contributed by atoms with van der Waals surface area (Å²) < 4.78 is 0. The maximum atomic E-state index is 10.5. The molecule has 2 N–H and O–H groups in total. The maximum Gasteiger partial charge on any atom is 0.179 e. The first-order chi connectivity index (χ1) is 14.2. The predicted molar refractivity (Wildman–Crippen MR) is 111 cm³/mol. The summed E-state index contributed by atoms with van der Waals surface area (Å²) in [5, 5.41) is 33.0. The van der Waals surface area contributed by atoms with E-state index in [1.165, 1.54) is 38.5 Å². The fraction of sp³-hybridized carbons (Fsp3) is 0.476. The van der Waals surface area contributed by atoms with Crippen molar-refractivity contribution in [1.29, 1.82) is 0 Å². The molecule has 8 nitrogen and oxygen atoms in total. The molecule has 2 heterocycles. The van der Waals surface area contributed by atoms with Crippen LogP contribution in [0, 0.1) is 5.92 Å². The Hall–Kier alpha value is -3.03. The number of hydrogen-bond acceptors (Lipinski definition) is 7. The fourth-order valence-electron chi connectivity index (χ4n) is 4.18. The average Bonchev–Trinajstić information content (AvgIpc) is 3.18. The molecule has 2 atom stereocenters. The zero-order chi connectivity index (χ0) is 20.2. The predicted octanol–water partition coefficient (Wildman–Crippen LogP) is 3.82. The van der Waals surface area contributed by atoms with Crippen LogP contribution in [0.4, 0.5) is 5.82 Å². The number of rotatable bonds is 5. The van der Waals surface area contributed by atoms with Crippen LogP contribution in [0.2, 0.25) is 0 Å². The van der Waals surface area contributed by atoms with Gasteiger partial charge < -0.3 is 10.0 Å². The Bertz CT molecular complexity index is 927. The second-order valence-corrected chi connectivity index (χ2v) is 7.82. The zero-order valence-corrected chi connectivity index (χ0v) is 16.9. The standard InChI is InChI=1S/C21H27N7O/c1-3-14-6-4-5-7-16(12-14)28(2)20-11-10-18(22-23-20)17-9-8-15(13-19(17)29)21-24-26-27-25-21/h8-11,13-14,16,29H,3-7,12H2,1-2H3,(H,24,25,26,27)/t14-,16+/m1/s1. The van der Waals surface area contributed by atoms with Crippen molar-refractivity contribution in [2.45, 2.75) is 51.5 Å². The molecule has 0 spiro atoms. The topological polar surface area (TPSA) is 104 Å². The Balaban J connectivity index is 1.51. The summed E-state index contributed by atoms with van der Waals surface area (Å²) in [6.07, 6.45) is 7.61. The molecule has 0 saturated heterocycles. The largest absolute Gasteiger partial charge is 0.507 e. The summed E-state index contributed by atoms with van der Waals surface area (Å²) >= 11 is 0. The quantitative estimate of drug-likeness (QED) is 0.635. The van der Waals surface area contributed by atoms with Crippen LogP contribution < -0.4 is 4.90 Å². The molecule has 0 bridgehead atoms. The summed E-state index contributed by atoms with van der Waals surface area (Å²) in [7, 11) is 2.12. The number of nitrogens with zero attached hydrogens (tertiary/aromatic N) is 6. The van der Waals surface area contributed by atoms with E-state index < -0.39 is 0 Å². The van der Waals surface area contributed by atoms with Crippen molar-refractivity contribution in [3.8, 4) is 28.4 Å². The first-order valence-electron chi connectivity index (χ1n) is 10.3. The van der Waals surface area contributed by atoms with Gasteiger partial charge in [0.05, 0.1) is 5.69 Å². The van der Waals surface area contributed by atoms with Crippen molar-refractivity contribution in [2.24, 2.45) is 5.92 Å². The molecular formula is C21H27N7O. The lowest BCUT2D eigenvalue weighted by molar-refractivity contribution is 0.413. The Morgan fingerprint density at radius 1 is 1.10 bits per heavy atom. The van der Waals surface area contributed by atoms with Crippen molar-refractivity contribution in [1.82, 2.24) is 30.8 Å².